The minimum atomic E-state index is -0.0712. The zero-order valence-corrected chi connectivity index (χ0v) is 15.3. The molecule has 0 unspecified atom stereocenters. The summed E-state index contributed by atoms with van der Waals surface area (Å²) in [7, 11) is 0. The van der Waals surface area contributed by atoms with Gasteiger partial charge in [0, 0.05) is 23.7 Å². The molecule has 1 aliphatic carbocycles. The molecule has 4 nitrogen and oxygen atoms in total. The van der Waals surface area contributed by atoms with Crippen LogP contribution in [0.1, 0.15) is 54.1 Å². The number of carbonyl (C=O) groups is 2. The standard InChI is InChI=1S/C22H26N2O2/c1-2-3-4-16-5-9-18(10-6-16)21(25)23-15-17-7-13-20(14-8-17)24-22(26)19-11-12-19/h5-10,13-14,19H,2-4,11-12,15H2,1H3,(H,23,25)(H,24,26). The van der Waals surface area contributed by atoms with Gasteiger partial charge in [-0.2, -0.15) is 0 Å². The summed E-state index contributed by atoms with van der Waals surface area (Å²) >= 11 is 0. The number of anilines is 1. The summed E-state index contributed by atoms with van der Waals surface area (Å²) < 4.78 is 0. The van der Waals surface area contributed by atoms with Crippen LogP contribution in [0.15, 0.2) is 48.5 Å². The van der Waals surface area contributed by atoms with E-state index < -0.39 is 0 Å². The minimum absolute atomic E-state index is 0.0712. The van der Waals surface area contributed by atoms with Gasteiger partial charge in [-0.05, 0) is 61.1 Å². The third-order valence-corrected chi connectivity index (χ3v) is 4.66. The molecule has 3 rings (SSSR count). The molecule has 136 valence electrons. The SMILES string of the molecule is CCCCc1ccc(C(=O)NCc2ccc(NC(=O)C3CC3)cc2)cc1. The Morgan fingerprint density at radius 1 is 0.962 bits per heavy atom. The van der Waals surface area contributed by atoms with Gasteiger partial charge in [-0.15, -0.1) is 0 Å². The van der Waals surface area contributed by atoms with E-state index in [1.165, 1.54) is 18.4 Å². The highest BCUT2D eigenvalue weighted by molar-refractivity contribution is 5.94. The first kappa shape index (κ1) is 18.2. The van der Waals surface area contributed by atoms with E-state index in [2.05, 4.69) is 17.6 Å². The number of carbonyl (C=O) groups excluding carboxylic acids is 2. The smallest absolute Gasteiger partial charge is 0.251 e. The molecule has 0 heterocycles. The van der Waals surface area contributed by atoms with Gasteiger partial charge in [-0.25, -0.2) is 0 Å². The monoisotopic (exact) mass is 350 g/mol. The van der Waals surface area contributed by atoms with Crippen LogP contribution in [0.3, 0.4) is 0 Å². The van der Waals surface area contributed by atoms with Crippen LogP contribution in [0.25, 0.3) is 0 Å². The van der Waals surface area contributed by atoms with E-state index in [0.29, 0.717) is 12.1 Å². The lowest BCUT2D eigenvalue weighted by atomic mass is 10.1. The molecule has 2 aromatic rings. The molecule has 0 aliphatic heterocycles. The summed E-state index contributed by atoms with van der Waals surface area (Å²) in [5.41, 5.74) is 3.76. The molecule has 1 aliphatic rings. The Kier molecular flexibility index (Phi) is 6.05. The molecule has 0 atom stereocenters. The molecule has 2 N–H and O–H groups in total. The van der Waals surface area contributed by atoms with Crippen molar-refractivity contribution in [3.8, 4) is 0 Å². The van der Waals surface area contributed by atoms with Gasteiger partial charge >= 0.3 is 0 Å². The van der Waals surface area contributed by atoms with Crippen molar-refractivity contribution in [2.45, 2.75) is 45.6 Å². The third-order valence-electron chi connectivity index (χ3n) is 4.66. The van der Waals surface area contributed by atoms with Gasteiger partial charge in [-0.3, -0.25) is 9.59 Å². The number of benzene rings is 2. The van der Waals surface area contributed by atoms with Crippen molar-refractivity contribution in [2.24, 2.45) is 5.92 Å². The van der Waals surface area contributed by atoms with Gasteiger partial charge in [0.1, 0.15) is 0 Å². The van der Waals surface area contributed by atoms with Gasteiger partial charge in [-0.1, -0.05) is 37.6 Å². The Hall–Kier alpha value is -2.62. The normalized spacial score (nSPS) is 13.3. The average molecular weight is 350 g/mol. The Bertz CT molecular complexity index is 747. The molecular formula is C22H26N2O2. The molecule has 1 fully saturated rings. The zero-order valence-electron chi connectivity index (χ0n) is 15.3. The first-order valence-corrected chi connectivity index (χ1v) is 9.42. The number of hydrogen-bond donors (Lipinski definition) is 2. The van der Waals surface area contributed by atoms with E-state index in [1.807, 2.05) is 48.5 Å². The molecule has 0 saturated heterocycles. The van der Waals surface area contributed by atoms with Crippen LogP contribution < -0.4 is 10.6 Å². The summed E-state index contributed by atoms with van der Waals surface area (Å²) in [4.78, 5) is 24.0. The van der Waals surface area contributed by atoms with E-state index in [1.54, 1.807) is 0 Å². The summed E-state index contributed by atoms with van der Waals surface area (Å²) in [5.74, 6) is 0.230. The molecule has 26 heavy (non-hydrogen) atoms. The highest BCUT2D eigenvalue weighted by atomic mass is 16.2. The van der Waals surface area contributed by atoms with Gasteiger partial charge in [0.05, 0.1) is 0 Å². The summed E-state index contributed by atoms with van der Waals surface area (Å²) in [6, 6.07) is 15.4. The summed E-state index contributed by atoms with van der Waals surface area (Å²) in [5, 5.41) is 5.86. The maximum atomic E-state index is 12.3. The number of hydrogen-bond acceptors (Lipinski definition) is 2. The van der Waals surface area contributed by atoms with Gasteiger partial charge in [0.25, 0.3) is 5.91 Å². The maximum Gasteiger partial charge on any atom is 0.251 e. The first-order chi connectivity index (χ1) is 12.7. The van der Waals surface area contributed by atoms with Crippen LogP contribution in [0.4, 0.5) is 5.69 Å². The lowest BCUT2D eigenvalue weighted by molar-refractivity contribution is -0.117. The fraction of sp³-hybridized carbons (Fsp3) is 0.364. The van der Waals surface area contributed by atoms with Crippen LogP contribution in [0, 0.1) is 5.92 Å². The number of amides is 2. The first-order valence-electron chi connectivity index (χ1n) is 9.42. The quantitative estimate of drug-likeness (QED) is 0.745. The summed E-state index contributed by atoms with van der Waals surface area (Å²) in [6.07, 6.45) is 5.39. The molecule has 2 aromatic carbocycles. The van der Waals surface area contributed by atoms with E-state index >= 15 is 0 Å². The van der Waals surface area contributed by atoms with Crippen molar-refractivity contribution in [3.05, 3.63) is 65.2 Å². The highest BCUT2D eigenvalue weighted by Gasteiger charge is 2.29. The van der Waals surface area contributed by atoms with Crippen LogP contribution in [0.2, 0.25) is 0 Å². The van der Waals surface area contributed by atoms with Crippen molar-refractivity contribution < 1.29 is 9.59 Å². The van der Waals surface area contributed by atoms with E-state index in [0.717, 1.165) is 30.5 Å². The molecule has 0 aromatic heterocycles. The van der Waals surface area contributed by atoms with Crippen LogP contribution in [-0.2, 0) is 17.8 Å². The molecule has 1 saturated carbocycles. The largest absolute Gasteiger partial charge is 0.348 e. The molecular weight excluding hydrogens is 324 g/mol. The predicted octanol–water partition coefficient (Wildman–Crippen LogP) is 4.31. The Balaban J connectivity index is 1.48. The Morgan fingerprint density at radius 3 is 2.23 bits per heavy atom. The van der Waals surface area contributed by atoms with Crippen molar-refractivity contribution in [1.29, 1.82) is 0 Å². The second kappa shape index (κ2) is 8.65. The zero-order chi connectivity index (χ0) is 18.4. The lowest BCUT2D eigenvalue weighted by Crippen LogP contribution is -2.22. The van der Waals surface area contributed by atoms with Crippen molar-refractivity contribution >= 4 is 17.5 Å². The van der Waals surface area contributed by atoms with Crippen molar-refractivity contribution in [1.82, 2.24) is 5.32 Å². The van der Waals surface area contributed by atoms with Crippen LogP contribution in [-0.4, -0.2) is 11.8 Å². The number of aryl methyl sites for hydroxylation is 1. The number of nitrogens with one attached hydrogen (secondary N) is 2. The fourth-order valence-corrected chi connectivity index (χ4v) is 2.78. The van der Waals surface area contributed by atoms with Crippen LogP contribution >= 0.6 is 0 Å². The summed E-state index contributed by atoms with van der Waals surface area (Å²) in [6.45, 7) is 2.64. The van der Waals surface area contributed by atoms with Gasteiger partial charge < -0.3 is 10.6 Å². The molecule has 0 bridgehead atoms. The Labute approximate surface area is 155 Å². The predicted molar refractivity (Wildman–Crippen MR) is 104 cm³/mol. The molecule has 2 amide bonds. The van der Waals surface area contributed by atoms with Crippen molar-refractivity contribution in [2.75, 3.05) is 5.32 Å². The topological polar surface area (TPSA) is 58.2 Å². The Morgan fingerprint density at radius 2 is 1.62 bits per heavy atom. The molecule has 0 spiro atoms. The second-order valence-electron chi connectivity index (χ2n) is 6.94. The number of unbranched alkanes of at least 4 members (excludes halogenated alkanes) is 1. The van der Waals surface area contributed by atoms with Gasteiger partial charge in [0.2, 0.25) is 5.91 Å². The van der Waals surface area contributed by atoms with E-state index in [4.69, 9.17) is 0 Å². The van der Waals surface area contributed by atoms with Gasteiger partial charge in [0.15, 0.2) is 0 Å². The van der Waals surface area contributed by atoms with E-state index in [-0.39, 0.29) is 17.7 Å². The van der Waals surface area contributed by atoms with Crippen molar-refractivity contribution in [3.63, 3.8) is 0 Å². The number of rotatable bonds is 8. The van der Waals surface area contributed by atoms with Crippen LogP contribution in [0.5, 0.6) is 0 Å². The maximum absolute atomic E-state index is 12.3. The molecule has 4 heteroatoms. The molecule has 0 radical (unpaired) electrons. The second-order valence-corrected chi connectivity index (χ2v) is 6.94. The highest BCUT2D eigenvalue weighted by Crippen LogP contribution is 2.30. The lowest BCUT2D eigenvalue weighted by Gasteiger charge is -2.08. The van der Waals surface area contributed by atoms with E-state index in [9.17, 15) is 9.59 Å². The minimum Gasteiger partial charge on any atom is -0.348 e. The third kappa shape index (κ3) is 5.19. The average Bonchev–Trinajstić information content (AvgIpc) is 3.51. The fourth-order valence-electron chi connectivity index (χ4n) is 2.78.